The second-order valence-electron chi connectivity index (χ2n) is 5.68. The number of amides is 2. The van der Waals surface area contributed by atoms with Crippen molar-refractivity contribution in [3.8, 4) is 5.75 Å². The molecule has 0 aliphatic carbocycles. The van der Waals surface area contributed by atoms with Crippen LogP contribution in [0.15, 0.2) is 34.0 Å². The second kappa shape index (κ2) is 6.61. The van der Waals surface area contributed by atoms with E-state index in [9.17, 15) is 14.4 Å². The molecule has 1 aromatic carbocycles. The topological polar surface area (TPSA) is 116 Å². The van der Waals surface area contributed by atoms with Gasteiger partial charge in [0, 0.05) is 30.4 Å². The summed E-state index contributed by atoms with van der Waals surface area (Å²) in [6, 6.07) is 5.16. The molecule has 24 heavy (non-hydrogen) atoms. The SMILES string of the molecule is C[C@H]1Cc2cc(NC(=O)NCCc3c[nH]c(=O)[nH]c3=O)ccc2O1. The molecule has 0 spiro atoms. The monoisotopic (exact) mass is 330 g/mol. The van der Waals surface area contributed by atoms with Gasteiger partial charge in [0.05, 0.1) is 0 Å². The molecule has 8 nitrogen and oxygen atoms in total. The number of ether oxygens (including phenoxy) is 1. The number of benzene rings is 1. The predicted octanol–water partition coefficient (Wildman–Crippen LogP) is 0.751. The molecule has 0 unspecified atom stereocenters. The third-order valence-corrected chi connectivity index (χ3v) is 3.73. The van der Waals surface area contributed by atoms with Crippen molar-refractivity contribution in [3.05, 3.63) is 56.4 Å². The molecule has 0 fully saturated rings. The van der Waals surface area contributed by atoms with Gasteiger partial charge < -0.3 is 20.4 Å². The molecule has 2 aromatic rings. The minimum absolute atomic E-state index is 0.152. The lowest BCUT2D eigenvalue weighted by atomic mass is 10.1. The Morgan fingerprint density at radius 1 is 1.38 bits per heavy atom. The first-order valence-corrected chi connectivity index (χ1v) is 7.66. The first-order valence-electron chi connectivity index (χ1n) is 7.66. The van der Waals surface area contributed by atoms with Crippen molar-refractivity contribution in [1.82, 2.24) is 15.3 Å². The second-order valence-corrected chi connectivity index (χ2v) is 5.68. The molecule has 0 saturated carbocycles. The number of carbonyl (C=O) groups is 1. The van der Waals surface area contributed by atoms with Gasteiger partial charge in [-0.15, -0.1) is 0 Å². The fourth-order valence-electron chi connectivity index (χ4n) is 2.61. The summed E-state index contributed by atoms with van der Waals surface area (Å²) >= 11 is 0. The minimum Gasteiger partial charge on any atom is -0.490 e. The van der Waals surface area contributed by atoms with E-state index in [-0.39, 0.29) is 18.7 Å². The Kier molecular flexibility index (Phi) is 4.37. The number of hydrogen-bond acceptors (Lipinski definition) is 4. The third kappa shape index (κ3) is 3.65. The van der Waals surface area contributed by atoms with E-state index in [4.69, 9.17) is 4.74 Å². The molecule has 3 rings (SSSR count). The molecule has 2 amide bonds. The zero-order valence-electron chi connectivity index (χ0n) is 13.1. The third-order valence-electron chi connectivity index (χ3n) is 3.73. The van der Waals surface area contributed by atoms with Crippen molar-refractivity contribution in [1.29, 1.82) is 0 Å². The number of urea groups is 1. The molecule has 0 saturated heterocycles. The van der Waals surface area contributed by atoms with Gasteiger partial charge >= 0.3 is 11.7 Å². The van der Waals surface area contributed by atoms with E-state index in [0.29, 0.717) is 17.7 Å². The Morgan fingerprint density at radius 2 is 2.21 bits per heavy atom. The minimum atomic E-state index is -0.552. The summed E-state index contributed by atoms with van der Waals surface area (Å²) < 4.78 is 5.61. The summed E-state index contributed by atoms with van der Waals surface area (Å²) in [7, 11) is 0. The normalized spacial score (nSPS) is 15.5. The highest BCUT2D eigenvalue weighted by Crippen LogP contribution is 2.30. The van der Waals surface area contributed by atoms with Crippen LogP contribution in [0.4, 0.5) is 10.5 Å². The van der Waals surface area contributed by atoms with Crippen LogP contribution >= 0.6 is 0 Å². The average molecular weight is 330 g/mol. The maximum Gasteiger partial charge on any atom is 0.325 e. The van der Waals surface area contributed by atoms with Gasteiger partial charge in [-0.25, -0.2) is 9.59 Å². The fraction of sp³-hybridized carbons (Fsp3) is 0.312. The van der Waals surface area contributed by atoms with Gasteiger partial charge in [-0.05, 0) is 37.1 Å². The van der Waals surface area contributed by atoms with Gasteiger partial charge in [-0.1, -0.05) is 0 Å². The largest absolute Gasteiger partial charge is 0.490 e. The number of rotatable bonds is 4. The Labute approximate surface area is 137 Å². The zero-order chi connectivity index (χ0) is 17.1. The smallest absolute Gasteiger partial charge is 0.325 e. The van der Waals surface area contributed by atoms with Gasteiger partial charge in [0.15, 0.2) is 0 Å². The molecule has 1 aromatic heterocycles. The summed E-state index contributed by atoms with van der Waals surface area (Å²) in [5, 5.41) is 5.42. The lowest BCUT2D eigenvalue weighted by Crippen LogP contribution is -2.32. The Hall–Kier alpha value is -3.03. The molecule has 126 valence electrons. The predicted molar refractivity (Wildman–Crippen MR) is 88.6 cm³/mol. The Morgan fingerprint density at radius 3 is 3.00 bits per heavy atom. The van der Waals surface area contributed by atoms with Gasteiger partial charge in [-0.2, -0.15) is 0 Å². The zero-order valence-corrected chi connectivity index (χ0v) is 13.1. The van der Waals surface area contributed by atoms with Crippen LogP contribution in [0.25, 0.3) is 0 Å². The number of nitrogens with one attached hydrogen (secondary N) is 4. The first kappa shape index (κ1) is 15.9. The van der Waals surface area contributed by atoms with Crippen molar-refractivity contribution < 1.29 is 9.53 Å². The number of anilines is 1. The fourth-order valence-corrected chi connectivity index (χ4v) is 2.61. The molecule has 2 heterocycles. The van der Waals surface area contributed by atoms with E-state index in [1.165, 1.54) is 6.20 Å². The number of aromatic nitrogens is 2. The van der Waals surface area contributed by atoms with E-state index in [1.54, 1.807) is 6.07 Å². The first-order chi connectivity index (χ1) is 11.5. The lowest BCUT2D eigenvalue weighted by Gasteiger charge is -2.08. The molecule has 0 bridgehead atoms. The maximum absolute atomic E-state index is 11.9. The van der Waals surface area contributed by atoms with Crippen molar-refractivity contribution in [3.63, 3.8) is 0 Å². The van der Waals surface area contributed by atoms with E-state index >= 15 is 0 Å². The van der Waals surface area contributed by atoms with Crippen LogP contribution in [0.3, 0.4) is 0 Å². The van der Waals surface area contributed by atoms with Crippen molar-refractivity contribution >= 4 is 11.7 Å². The quantitative estimate of drug-likeness (QED) is 0.662. The van der Waals surface area contributed by atoms with E-state index < -0.39 is 11.2 Å². The summed E-state index contributed by atoms with van der Waals surface area (Å²) in [5.41, 5.74) is 1.16. The van der Waals surface area contributed by atoms with Crippen LogP contribution in [-0.4, -0.2) is 28.6 Å². The molecule has 1 atom stereocenters. The number of carbonyl (C=O) groups excluding carboxylic acids is 1. The van der Waals surface area contributed by atoms with Crippen molar-refractivity contribution in [2.75, 3.05) is 11.9 Å². The van der Waals surface area contributed by atoms with Crippen LogP contribution in [0.5, 0.6) is 5.75 Å². The number of H-pyrrole nitrogens is 2. The summed E-state index contributed by atoms with van der Waals surface area (Å²) in [6.45, 7) is 2.27. The van der Waals surface area contributed by atoms with Crippen LogP contribution < -0.4 is 26.6 Å². The molecule has 1 aliphatic heterocycles. The van der Waals surface area contributed by atoms with Crippen molar-refractivity contribution in [2.45, 2.75) is 25.9 Å². The van der Waals surface area contributed by atoms with E-state index in [2.05, 4.69) is 20.6 Å². The number of hydrogen-bond donors (Lipinski definition) is 4. The van der Waals surface area contributed by atoms with Gasteiger partial charge in [-0.3, -0.25) is 9.78 Å². The van der Waals surface area contributed by atoms with Gasteiger partial charge in [0.1, 0.15) is 11.9 Å². The number of aromatic amines is 2. The van der Waals surface area contributed by atoms with Crippen molar-refractivity contribution in [2.24, 2.45) is 0 Å². The highest BCUT2D eigenvalue weighted by molar-refractivity contribution is 5.89. The molecule has 8 heteroatoms. The molecule has 0 radical (unpaired) electrons. The average Bonchev–Trinajstić information content (AvgIpc) is 2.89. The Bertz CT molecular complexity index is 871. The van der Waals surface area contributed by atoms with Gasteiger partial charge in [0.25, 0.3) is 5.56 Å². The van der Waals surface area contributed by atoms with Crippen LogP contribution in [-0.2, 0) is 12.8 Å². The van der Waals surface area contributed by atoms with Gasteiger partial charge in [0.2, 0.25) is 0 Å². The van der Waals surface area contributed by atoms with Crippen LogP contribution in [0.2, 0.25) is 0 Å². The highest BCUT2D eigenvalue weighted by atomic mass is 16.5. The highest BCUT2D eigenvalue weighted by Gasteiger charge is 2.19. The summed E-state index contributed by atoms with van der Waals surface area (Å²) in [5.74, 6) is 0.853. The summed E-state index contributed by atoms with van der Waals surface area (Å²) in [6.07, 6.45) is 2.64. The van der Waals surface area contributed by atoms with E-state index in [0.717, 1.165) is 17.7 Å². The number of fused-ring (bicyclic) bond motifs is 1. The maximum atomic E-state index is 11.9. The summed E-state index contributed by atoms with van der Waals surface area (Å²) in [4.78, 5) is 38.9. The molecular weight excluding hydrogens is 312 g/mol. The molecule has 4 N–H and O–H groups in total. The standard InChI is InChI=1S/C16H18N4O4/c1-9-6-11-7-12(2-3-13(11)24-9)19-15(22)17-5-4-10-8-18-16(23)20-14(10)21/h2-3,7-9H,4-6H2,1H3,(H2,17,19,22)(H2,18,20,21,23)/t9-/m0/s1. The Balaban J connectivity index is 1.52. The molecule has 1 aliphatic rings. The van der Waals surface area contributed by atoms with Crippen LogP contribution in [0, 0.1) is 0 Å². The molecular formula is C16H18N4O4. The van der Waals surface area contributed by atoms with E-state index in [1.807, 2.05) is 19.1 Å². The van der Waals surface area contributed by atoms with Crippen LogP contribution in [0.1, 0.15) is 18.1 Å². The lowest BCUT2D eigenvalue weighted by molar-refractivity contribution is 0.252.